The van der Waals surface area contributed by atoms with E-state index < -0.39 is 11.9 Å². The molecule has 23 heavy (non-hydrogen) atoms. The molecule has 0 aliphatic carbocycles. The molecule has 0 aliphatic heterocycles. The molecule has 0 unspecified atom stereocenters. The highest BCUT2D eigenvalue weighted by molar-refractivity contribution is 6.02. The molecule has 0 amide bonds. The predicted molar refractivity (Wildman–Crippen MR) is 87.8 cm³/mol. The molecule has 4 nitrogen and oxygen atoms in total. The largest absolute Gasteiger partial charge is 0.478 e. The topological polar surface area (TPSA) is 63.6 Å². The van der Waals surface area contributed by atoms with Crippen LogP contribution in [0.25, 0.3) is 0 Å². The van der Waals surface area contributed by atoms with Gasteiger partial charge in [0, 0.05) is 5.92 Å². The molecule has 0 spiro atoms. The summed E-state index contributed by atoms with van der Waals surface area (Å²) in [4.78, 5) is 23.6. The lowest BCUT2D eigenvalue weighted by Crippen LogP contribution is -2.23. The summed E-state index contributed by atoms with van der Waals surface area (Å²) in [6.07, 6.45) is 0.468. The van der Waals surface area contributed by atoms with Crippen LogP contribution in [0.2, 0.25) is 0 Å². The Morgan fingerprint density at radius 1 is 1.00 bits per heavy atom. The number of rotatable bonds is 6. The molecule has 0 saturated heterocycles. The first-order chi connectivity index (χ1) is 11.0. The van der Waals surface area contributed by atoms with Crippen LogP contribution in [-0.2, 0) is 4.74 Å². The third-order valence-electron chi connectivity index (χ3n) is 3.90. The van der Waals surface area contributed by atoms with E-state index in [1.165, 1.54) is 12.1 Å². The van der Waals surface area contributed by atoms with Crippen molar-refractivity contribution in [1.82, 2.24) is 0 Å². The number of hydrogen-bond acceptors (Lipinski definition) is 3. The highest BCUT2D eigenvalue weighted by Crippen LogP contribution is 2.26. The minimum atomic E-state index is -1.14. The van der Waals surface area contributed by atoms with Crippen LogP contribution in [0.15, 0.2) is 54.6 Å². The third kappa shape index (κ3) is 3.97. The quantitative estimate of drug-likeness (QED) is 0.815. The highest BCUT2D eigenvalue weighted by Gasteiger charge is 2.24. The normalized spacial score (nSPS) is 13.1. The maximum Gasteiger partial charge on any atom is 0.339 e. The molecule has 0 fully saturated rings. The molecule has 120 valence electrons. The first-order valence-electron chi connectivity index (χ1n) is 7.62. The van der Waals surface area contributed by atoms with Crippen LogP contribution < -0.4 is 0 Å². The Bertz CT molecular complexity index is 679. The Labute approximate surface area is 135 Å². The van der Waals surface area contributed by atoms with Crippen molar-refractivity contribution in [2.75, 3.05) is 0 Å². The van der Waals surface area contributed by atoms with Crippen LogP contribution in [0.4, 0.5) is 0 Å². The van der Waals surface area contributed by atoms with E-state index in [1.54, 1.807) is 12.1 Å². The van der Waals surface area contributed by atoms with Crippen molar-refractivity contribution in [2.24, 2.45) is 0 Å². The molecule has 0 bridgehead atoms. The van der Waals surface area contributed by atoms with Crippen molar-refractivity contribution >= 4 is 11.9 Å². The lowest BCUT2D eigenvalue weighted by atomic mass is 9.92. The Morgan fingerprint density at radius 3 is 2.13 bits per heavy atom. The monoisotopic (exact) mass is 312 g/mol. The van der Waals surface area contributed by atoms with Crippen LogP contribution in [0.5, 0.6) is 0 Å². The van der Waals surface area contributed by atoms with Crippen LogP contribution in [0.3, 0.4) is 0 Å². The van der Waals surface area contributed by atoms with E-state index in [4.69, 9.17) is 4.74 Å². The second-order valence-electron chi connectivity index (χ2n) is 5.39. The second kappa shape index (κ2) is 7.58. The van der Waals surface area contributed by atoms with Crippen molar-refractivity contribution in [3.63, 3.8) is 0 Å². The molecule has 0 aliphatic rings. The van der Waals surface area contributed by atoms with Gasteiger partial charge in [-0.1, -0.05) is 49.4 Å². The lowest BCUT2D eigenvalue weighted by molar-refractivity contribution is 0.0272. The Hall–Kier alpha value is -2.62. The van der Waals surface area contributed by atoms with Gasteiger partial charge in [-0.3, -0.25) is 0 Å². The maximum absolute atomic E-state index is 12.3. The minimum Gasteiger partial charge on any atom is -0.478 e. The minimum absolute atomic E-state index is 0.0440. The number of carboxylic acid groups (broad SMARTS) is 1. The molecule has 2 rings (SSSR count). The SMILES string of the molecule is CC[C@H](c1ccccc1)[C@@H](C)OC(=O)c1ccccc1C(=O)O. The van der Waals surface area contributed by atoms with Gasteiger partial charge in [0.05, 0.1) is 11.1 Å². The molecule has 2 atom stereocenters. The fourth-order valence-electron chi connectivity index (χ4n) is 2.70. The molecule has 1 N–H and O–H groups in total. The third-order valence-corrected chi connectivity index (χ3v) is 3.90. The van der Waals surface area contributed by atoms with E-state index in [1.807, 2.05) is 44.2 Å². The first kappa shape index (κ1) is 16.7. The number of carboxylic acids is 1. The maximum atomic E-state index is 12.3. The Morgan fingerprint density at radius 2 is 1.57 bits per heavy atom. The van der Waals surface area contributed by atoms with Gasteiger partial charge >= 0.3 is 11.9 Å². The number of carbonyl (C=O) groups excluding carboxylic acids is 1. The number of carbonyl (C=O) groups is 2. The summed E-state index contributed by atoms with van der Waals surface area (Å²) in [6, 6.07) is 15.9. The van der Waals surface area contributed by atoms with Gasteiger partial charge in [-0.05, 0) is 31.0 Å². The van der Waals surface area contributed by atoms with E-state index in [0.717, 1.165) is 12.0 Å². The van der Waals surface area contributed by atoms with Gasteiger partial charge < -0.3 is 9.84 Å². The van der Waals surface area contributed by atoms with Crippen molar-refractivity contribution in [3.8, 4) is 0 Å². The zero-order valence-electron chi connectivity index (χ0n) is 13.2. The van der Waals surface area contributed by atoms with Crippen molar-refractivity contribution in [2.45, 2.75) is 32.3 Å². The molecular formula is C19H20O4. The number of esters is 1. The van der Waals surface area contributed by atoms with Crippen molar-refractivity contribution in [1.29, 1.82) is 0 Å². The fraction of sp³-hybridized carbons (Fsp3) is 0.263. The van der Waals surface area contributed by atoms with Gasteiger partial charge in [0.25, 0.3) is 0 Å². The summed E-state index contributed by atoms with van der Waals surface area (Å²) in [7, 11) is 0. The van der Waals surface area contributed by atoms with Gasteiger partial charge in [0.2, 0.25) is 0 Å². The van der Waals surface area contributed by atoms with E-state index in [-0.39, 0.29) is 23.1 Å². The van der Waals surface area contributed by atoms with Gasteiger partial charge in [0.15, 0.2) is 0 Å². The zero-order valence-corrected chi connectivity index (χ0v) is 13.2. The molecule has 4 heteroatoms. The molecular weight excluding hydrogens is 292 g/mol. The molecule has 0 radical (unpaired) electrons. The van der Waals surface area contributed by atoms with Gasteiger partial charge in [-0.2, -0.15) is 0 Å². The predicted octanol–water partition coefficient (Wildman–Crippen LogP) is 4.12. The summed E-state index contributed by atoms with van der Waals surface area (Å²) >= 11 is 0. The summed E-state index contributed by atoms with van der Waals surface area (Å²) in [5, 5.41) is 9.17. The number of ether oxygens (including phenoxy) is 1. The summed E-state index contributed by atoms with van der Waals surface area (Å²) in [5.41, 5.74) is 1.13. The first-order valence-corrected chi connectivity index (χ1v) is 7.62. The molecule has 0 heterocycles. The average molecular weight is 312 g/mol. The van der Waals surface area contributed by atoms with Crippen LogP contribution >= 0.6 is 0 Å². The van der Waals surface area contributed by atoms with E-state index in [0.29, 0.717) is 0 Å². The van der Waals surface area contributed by atoms with Crippen LogP contribution in [0, 0.1) is 0 Å². The van der Waals surface area contributed by atoms with E-state index in [9.17, 15) is 14.7 Å². The zero-order chi connectivity index (χ0) is 16.8. The highest BCUT2D eigenvalue weighted by atomic mass is 16.5. The van der Waals surface area contributed by atoms with Gasteiger partial charge in [-0.15, -0.1) is 0 Å². The van der Waals surface area contributed by atoms with Crippen LogP contribution in [-0.4, -0.2) is 23.1 Å². The summed E-state index contributed by atoms with van der Waals surface area (Å²) in [5.74, 6) is -1.68. The Balaban J connectivity index is 2.18. The van der Waals surface area contributed by atoms with E-state index in [2.05, 4.69) is 0 Å². The van der Waals surface area contributed by atoms with Gasteiger partial charge in [0.1, 0.15) is 6.10 Å². The molecule has 0 aromatic heterocycles. The standard InChI is InChI=1S/C19H20O4/c1-3-15(14-9-5-4-6-10-14)13(2)23-19(22)17-12-8-7-11-16(17)18(20)21/h4-13,15H,3H2,1-2H3,(H,20,21)/t13-,15+/m1/s1. The van der Waals surface area contributed by atoms with Crippen molar-refractivity contribution in [3.05, 3.63) is 71.3 Å². The fourth-order valence-corrected chi connectivity index (χ4v) is 2.70. The number of benzene rings is 2. The average Bonchev–Trinajstić information content (AvgIpc) is 2.56. The summed E-state index contributed by atoms with van der Waals surface area (Å²) in [6.45, 7) is 3.87. The van der Waals surface area contributed by atoms with Crippen molar-refractivity contribution < 1.29 is 19.4 Å². The summed E-state index contributed by atoms with van der Waals surface area (Å²) < 4.78 is 5.53. The lowest BCUT2D eigenvalue weighted by Gasteiger charge is -2.23. The number of hydrogen-bond donors (Lipinski definition) is 1. The molecule has 0 saturated carbocycles. The smallest absolute Gasteiger partial charge is 0.339 e. The van der Waals surface area contributed by atoms with Crippen LogP contribution in [0.1, 0.15) is 52.5 Å². The second-order valence-corrected chi connectivity index (χ2v) is 5.39. The van der Waals surface area contributed by atoms with E-state index >= 15 is 0 Å². The molecule has 2 aromatic rings. The van der Waals surface area contributed by atoms with Gasteiger partial charge in [-0.25, -0.2) is 9.59 Å². The number of aromatic carboxylic acids is 1. The molecule has 2 aromatic carbocycles. The Kier molecular flexibility index (Phi) is 5.52.